The summed E-state index contributed by atoms with van der Waals surface area (Å²) in [5.41, 5.74) is 0.883. The van der Waals surface area contributed by atoms with E-state index in [0.717, 1.165) is 11.5 Å². The molecule has 0 saturated heterocycles. The minimum absolute atomic E-state index is 0.0663. The molecule has 5 heteroatoms. The van der Waals surface area contributed by atoms with Crippen LogP contribution in [0.4, 0.5) is 5.82 Å². The van der Waals surface area contributed by atoms with Crippen LogP contribution in [-0.4, -0.2) is 32.4 Å². The van der Waals surface area contributed by atoms with Crippen LogP contribution in [-0.2, 0) is 0 Å². The van der Waals surface area contributed by atoms with Gasteiger partial charge in [-0.3, -0.25) is 0 Å². The second kappa shape index (κ2) is 4.94. The molecule has 5 nitrogen and oxygen atoms in total. The lowest BCUT2D eigenvalue weighted by molar-refractivity contribution is 0.235. The Morgan fingerprint density at radius 3 is 2.83 bits per heavy atom. The Morgan fingerprint density at radius 2 is 2.17 bits per heavy atom. The molecule has 0 aliphatic heterocycles. The van der Waals surface area contributed by atoms with E-state index in [1.165, 1.54) is 0 Å². The van der Waals surface area contributed by atoms with Crippen molar-refractivity contribution in [3.8, 4) is 0 Å². The van der Waals surface area contributed by atoms with Crippen LogP contribution < -0.4 is 5.32 Å². The second-order valence-electron chi connectivity index (χ2n) is 5.52. The van der Waals surface area contributed by atoms with Crippen molar-refractivity contribution in [3.05, 3.63) is 24.5 Å². The zero-order chi connectivity index (χ0) is 13.2. The van der Waals surface area contributed by atoms with Crippen LogP contribution in [0.5, 0.6) is 0 Å². The minimum Gasteiger partial charge on any atom is -0.396 e. The van der Waals surface area contributed by atoms with E-state index >= 15 is 0 Å². The Labute approximate surface area is 107 Å². The largest absolute Gasteiger partial charge is 0.396 e. The summed E-state index contributed by atoms with van der Waals surface area (Å²) in [5.74, 6) is 0.816. The van der Waals surface area contributed by atoms with Gasteiger partial charge in [0, 0.05) is 24.9 Å². The van der Waals surface area contributed by atoms with Gasteiger partial charge >= 0.3 is 0 Å². The van der Waals surface area contributed by atoms with Gasteiger partial charge in [0.15, 0.2) is 5.65 Å². The maximum atomic E-state index is 9.14. The molecule has 0 bridgehead atoms. The zero-order valence-electron chi connectivity index (χ0n) is 11.1. The van der Waals surface area contributed by atoms with E-state index in [2.05, 4.69) is 36.2 Å². The molecular weight excluding hydrogens is 228 g/mol. The Bertz CT molecular complexity index is 515. The lowest BCUT2D eigenvalue weighted by Gasteiger charge is -2.31. The molecule has 0 aliphatic carbocycles. The smallest absolute Gasteiger partial charge is 0.157 e. The van der Waals surface area contributed by atoms with Gasteiger partial charge in [0.2, 0.25) is 0 Å². The summed E-state index contributed by atoms with van der Waals surface area (Å²) in [4.78, 5) is 4.48. The third-order valence-electron chi connectivity index (χ3n) is 3.04. The van der Waals surface area contributed by atoms with Crippen LogP contribution in [0.3, 0.4) is 0 Å². The fraction of sp³-hybridized carbons (Fsp3) is 0.538. The summed E-state index contributed by atoms with van der Waals surface area (Å²) in [6.45, 7) is 6.62. The van der Waals surface area contributed by atoms with Gasteiger partial charge in [-0.05, 0) is 17.9 Å². The van der Waals surface area contributed by atoms with Crippen molar-refractivity contribution in [2.75, 3.05) is 11.9 Å². The van der Waals surface area contributed by atoms with Gasteiger partial charge in [0.05, 0.1) is 6.20 Å². The molecule has 1 atom stereocenters. The highest BCUT2D eigenvalue weighted by molar-refractivity contribution is 5.46. The second-order valence-corrected chi connectivity index (χ2v) is 5.52. The monoisotopic (exact) mass is 248 g/mol. The average Bonchev–Trinajstić information content (AvgIpc) is 2.74. The zero-order valence-corrected chi connectivity index (χ0v) is 11.1. The lowest BCUT2D eigenvalue weighted by Crippen LogP contribution is -2.35. The van der Waals surface area contributed by atoms with Crippen molar-refractivity contribution >= 4 is 11.5 Å². The van der Waals surface area contributed by atoms with Gasteiger partial charge in [-0.25, -0.2) is 9.50 Å². The van der Waals surface area contributed by atoms with E-state index in [1.54, 1.807) is 10.7 Å². The van der Waals surface area contributed by atoms with Gasteiger partial charge in [-0.1, -0.05) is 20.8 Å². The normalized spacial score (nSPS) is 13.8. The predicted molar refractivity (Wildman–Crippen MR) is 71.6 cm³/mol. The summed E-state index contributed by atoms with van der Waals surface area (Å²) >= 11 is 0. The first-order valence-corrected chi connectivity index (χ1v) is 6.18. The highest BCUT2D eigenvalue weighted by Gasteiger charge is 2.24. The van der Waals surface area contributed by atoms with Crippen LogP contribution in [0.25, 0.3) is 5.65 Å². The number of hydrogen-bond donors (Lipinski definition) is 2. The maximum Gasteiger partial charge on any atom is 0.157 e. The SMILES string of the molecule is CC(C)(C)C(CCO)Nc1ccn2nccc2n1. The molecule has 2 rings (SSSR count). The Kier molecular flexibility index (Phi) is 3.52. The molecule has 0 aromatic carbocycles. The van der Waals surface area contributed by atoms with E-state index in [9.17, 15) is 0 Å². The van der Waals surface area contributed by atoms with Gasteiger partial charge < -0.3 is 10.4 Å². The third kappa shape index (κ3) is 2.79. The fourth-order valence-electron chi connectivity index (χ4n) is 1.92. The molecule has 18 heavy (non-hydrogen) atoms. The Balaban J connectivity index is 2.19. The first kappa shape index (κ1) is 12.8. The standard InChI is InChI=1S/C13H20N4O/c1-13(2,3)10(6-9-18)15-11-5-8-17-12(16-11)4-7-14-17/h4-5,7-8,10,18H,6,9H2,1-3H3,(H,15,16). The molecule has 98 valence electrons. The van der Waals surface area contributed by atoms with E-state index in [1.807, 2.05) is 18.3 Å². The third-order valence-corrected chi connectivity index (χ3v) is 3.04. The highest BCUT2D eigenvalue weighted by Crippen LogP contribution is 2.24. The number of aliphatic hydroxyl groups is 1. The molecule has 0 fully saturated rings. The van der Waals surface area contributed by atoms with Crippen molar-refractivity contribution < 1.29 is 5.11 Å². The molecule has 2 N–H and O–H groups in total. The first-order valence-electron chi connectivity index (χ1n) is 6.18. The molecule has 2 aromatic heterocycles. The maximum absolute atomic E-state index is 9.14. The van der Waals surface area contributed by atoms with Crippen LogP contribution in [0.2, 0.25) is 0 Å². The van der Waals surface area contributed by atoms with Crippen molar-refractivity contribution in [2.45, 2.75) is 33.2 Å². The minimum atomic E-state index is 0.0663. The molecular formula is C13H20N4O. The molecule has 0 spiro atoms. The topological polar surface area (TPSA) is 62.5 Å². The number of rotatable bonds is 4. The summed E-state index contributed by atoms with van der Waals surface area (Å²) in [6, 6.07) is 3.94. The van der Waals surface area contributed by atoms with Crippen molar-refractivity contribution in [1.29, 1.82) is 0 Å². The summed E-state index contributed by atoms with van der Waals surface area (Å²) < 4.78 is 1.73. The molecule has 0 aliphatic rings. The number of hydrogen-bond acceptors (Lipinski definition) is 4. The number of fused-ring (bicyclic) bond motifs is 1. The molecule has 1 unspecified atom stereocenters. The highest BCUT2D eigenvalue weighted by atomic mass is 16.3. The Hall–Kier alpha value is -1.62. The number of nitrogens with zero attached hydrogens (tertiary/aromatic N) is 3. The van der Waals surface area contributed by atoms with Gasteiger partial charge in [-0.2, -0.15) is 5.10 Å². The van der Waals surface area contributed by atoms with E-state index in [-0.39, 0.29) is 18.1 Å². The predicted octanol–water partition coefficient (Wildman–Crippen LogP) is 1.94. The Morgan fingerprint density at radius 1 is 1.39 bits per heavy atom. The molecule has 0 saturated carbocycles. The van der Waals surface area contributed by atoms with Crippen LogP contribution >= 0.6 is 0 Å². The summed E-state index contributed by atoms with van der Waals surface area (Å²) in [7, 11) is 0. The van der Waals surface area contributed by atoms with Crippen LogP contribution in [0, 0.1) is 5.41 Å². The van der Waals surface area contributed by atoms with Gasteiger partial charge in [0.1, 0.15) is 5.82 Å². The van der Waals surface area contributed by atoms with Crippen LogP contribution in [0.15, 0.2) is 24.5 Å². The first-order chi connectivity index (χ1) is 8.50. The fourth-order valence-corrected chi connectivity index (χ4v) is 1.92. The molecule has 2 heterocycles. The molecule has 0 amide bonds. The number of aromatic nitrogens is 3. The van der Waals surface area contributed by atoms with Crippen LogP contribution in [0.1, 0.15) is 27.2 Å². The van der Waals surface area contributed by atoms with Crippen molar-refractivity contribution in [1.82, 2.24) is 14.6 Å². The van der Waals surface area contributed by atoms with Crippen molar-refractivity contribution in [3.63, 3.8) is 0 Å². The van der Waals surface area contributed by atoms with E-state index in [0.29, 0.717) is 6.42 Å². The van der Waals surface area contributed by atoms with Gasteiger partial charge in [0.25, 0.3) is 0 Å². The average molecular weight is 248 g/mol. The number of nitrogens with one attached hydrogen (secondary N) is 1. The molecule has 0 radical (unpaired) electrons. The quantitative estimate of drug-likeness (QED) is 0.868. The van der Waals surface area contributed by atoms with Crippen molar-refractivity contribution in [2.24, 2.45) is 5.41 Å². The summed E-state index contributed by atoms with van der Waals surface area (Å²) in [5, 5.41) is 16.6. The van der Waals surface area contributed by atoms with E-state index in [4.69, 9.17) is 5.11 Å². The molecule has 2 aromatic rings. The van der Waals surface area contributed by atoms with E-state index < -0.39 is 0 Å². The number of aliphatic hydroxyl groups excluding tert-OH is 1. The lowest BCUT2D eigenvalue weighted by atomic mass is 9.85. The number of anilines is 1. The van der Waals surface area contributed by atoms with Gasteiger partial charge in [-0.15, -0.1) is 0 Å². The summed E-state index contributed by atoms with van der Waals surface area (Å²) in [6.07, 6.45) is 4.31.